The maximum absolute atomic E-state index is 10.4. The van der Waals surface area contributed by atoms with Gasteiger partial charge in [0.2, 0.25) is 0 Å². The van der Waals surface area contributed by atoms with Crippen LogP contribution in [0, 0.1) is 0 Å². The van der Waals surface area contributed by atoms with Gasteiger partial charge in [-0.1, -0.05) is 42.0 Å². The minimum absolute atomic E-state index is 0.671. The maximum atomic E-state index is 10.4. The first-order valence-electron chi connectivity index (χ1n) is 8.20. The highest BCUT2D eigenvalue weighted by atomic mass is 16.3. The zero-order valence-electron chi connectivity index (χ0n) is 14.7. The lowest BCUT2D eigenvalue weighted by Gasteiger charge is -2.25. The molecule has 0 aliphatic rings. The van der Waals surface area contributed by atoms with Gasteiger partial charge in [-0.25, -0.2) is 0 Å². The minimum atomic E-state index is -0.671. The molecule has 0 radical (unpaired) electrons. The standard InChI is InChI=1S/C20H34O/c1-6-7-8-9-10-11-12-13-14-15-16-17-20(5,21)19(4)18(2)3/h6-7,10-11,14-15,21H,8-9,12-13,16-17H2,1-5H3. The summed E-state index contributed by atoms with van der Waals surface area (Å²) >= 11 is 0. The van der Waals surface area contributed by atoms with Crippen LogP contribution in [0.4, 0.5) is 0 Å². The third-order valence-corrected chi connectivity index (χ3v) is 3.92. The molecule has 0 aliphatic heterocycles. The van der Waals surface area contributed by atoms with Gasteiger partial charge in [0.1, 0.15) is 0 Å². The first-order chi connectivity index (χ1) is 9.91. The van der Waals surface area contributed by atoms with Crippen LogP contribution in [-0.4, -0.2) is 10.7 Å². The molecule has 0 spiro atoms. The van der Waals surface area contributed by atoms with E-state index in [2.05, 4.69) is 57.2 Å². The van der Waals surface area contributed by atoms with Gasteiger partial charge < -0.3 is 5.11 Å². The summed E-state index contributed by atoms with van der Waals surface area (Å²) in [5, 5.41) is 10.4. The second kappa shape index (κ2) is 11.6. The van der Waals surface area contributed by atoms with Crippen LogP contribution in [0.1, 0.15) is 73.1 Å². The predicted octanol–water partition coefficient (Wildman–Crippen LogP) is 6.12. The van der Waals surface area contributed by atoms with Crippen molar-refractivity contribution in [1.82, 2.24) is 0 Å². The van der Waals surface area contributed by atoms with E-state index < -0.39 is 5.60 Å². The van der Waals surface area contributed by atoms with Crippen molar-refractivity contribution in [3.8, 4) is 0 Å². The molecule has 0 aromatic heterocycles. The number of allylic oxidation sites excluding steroid dienone is 7. The van der Waals surface area contributed by atoms with Crippen LogP contribution in [-0.2, 0) is 0 Å². The predicted molar refractivity (Wildman–Crippen MR) is 95.5 cm³/mol. The van der Waals surface area contributed by atoms with E-state index in [0.29, 0.717) is 0 Å². The molecule has 1 unspecified atom stereocenters. The molecule has 0 saturated carbocycles. The van der Waals surface area contributed by atoms with Crippen molar-refractivity contribution < 1.29 is 5.11 Å². The molecule has 0 fully saturated rings. The topological polar surface area (TPSA) is 20.2 Å². The number of rotatable bonds is 10. The first kappa shape index (κ1) is 19.9. The van der Waals surface area contributed by atoms with E-state index in [9.17, 15) is 5.11 Å². The second-order valence-electron chi connectivity index (χ2n) is 6.10. The van der Waals surface area contributed by atoms with Gasteiger partial charge in [0, 0.05) is 0 Å². The van der Waals surface area contributed by atoms with Crippen LogP contribution in [0.2, 0.25) is 0 Å². The van der Waals surface area contributed by atoms with Crippen molar-refractivity contribution >= 4 is 0 Å². The number of unbranched alkanes of at least 4 members (excludes halogenated alkanes) is 2. The van der Waals surface area contributed by atoms with Crippen molar-refractivity contribution in [2.24, 2.45) is 0 Å². The molecule has 120 valence electrons. The highest BCUT2D eigenvalue weighted by Gasteiger charge is 2.21. The molecule has 0 saturated heterocycles. The van der Waals surface area contributed by atoms with Gasteiger partial charge in [0.15, 0.2) is 0 Å². The van der Waals surface area contributed by atoms with E-state index in [1.54, 1.807) is 0 Å². The average molecular weight is 290 g/mol. The summed E-state index contributed by atoms with van der Waals surface area (Å²) in [6.07, 6.45) is 19.4. The molecular weight excluding hydrogens is 256 g/mol. The van der Waals surface area contributed by atoms with Gasteiger partial charge in [-0.2, -0.15) is 0 Å². The van der Waals surface area contributed by atoms with Crippen molar-refractivity contribution in [2.45, 2.75) is 78.7 Å². The van der Waals surface area contributed by atoms with Crippen LogP contribution >= 0.6 is 0 Å². The minimum Gasteiger partial charge on any atom is -0.386 e. The van der Waals surface area contributed by atoms with E-state index in [0.717, 1.165) is 44.1 Å². The van der Waals surface area contributed by atoms with Crippen LogP contribution in [0.15, 0.2) is 47.6 Å². The highest BCUT2D eigenvalue weighted by molar-refractivity contribution is 5.18. The summed E-state index contributed by atoms with van der Waals surface area (Å²) in [6.45, 7) is 10.1. The molecule has 0 aliphatic carbocycles. The van der Waals surface area contributed by atoms with Crippen molar-refractivity contribution in [3.63, 3.8) is 0 Å². The zero-order valence-corrected chi connectivity index (χ0v) is 14.7. The monoisotopic (exact) mass is 290 g/mol. The van der Waals surface area contributed by atoms with Gasteiger partial charge >= 0.3 is 0 Å². The lowest BCUT2D eigenvalue weighted by molar-refractivity contribution is 0.0890. The Morgan fingerprint density at radius 2 is 1.24 bits per heavy atom. The molecule has 21 heavy (non-hydrogen) atoms. The Kier molecular flexibility index (Phi) is 11.0. The first-order valence-corrected chi connectivity index (χ1v) is 8.20. The molecule has 0 heterocycles. The molecule has 1 N–H and O–H groups in total. The average Bonchev–Trinajstić information content (AvgIpc) is 2.43. The Balaban J connectivity index is 3.81. The summed E-state index contributed by atoms with van der Waals surface area (Å²) in [5.41, 5.74) is 1.64. The maximum Gasteiger partial charge on any atom is 0.0831 e. The molecule has 0 aromatic rings. The smallest absolute Gasteiger partial charge is 0.0831 e. The van der Waals surface area contributed by atoms with Crippen LogP contribution < -0.4 is 0 Å². The fourth-order valence-corrected chi connectivity index (χ4v) is 2.11. The van der Waals surface area contributed by atoms with Crippen LogP contribution in [0.25, 0.3) is 0 Å². The van der Waals surface area contributed by atoms with E-state index >= 15 is 0 Å². The lowest BCUT2D eigenvalue weighted by atomic mass is 9.89. The number of hydrogen-bond acceptors (Lipinski definition) is 1. The van der Waals surface area contributed by atoms with Gasteiger partial charge in [-0.05, 0) is 78.7 Å². The Morgan fingerprint density at radius 3 is 1.67 bits per heavy atom. The van der Waals surface area contributed by atoms with Gasteiger partial charge in [0.05, 0.1) is 5.60 Å². The van der Waals surface area contributed by atoms with E-state index in [1.807, 2.05) is 13.8 Å². The quantitative estimate of drug-likeness (QED) is 0.379. The molecule has 0 aromatic carbocycles. The van der Waals surface area contributed by atoms with Gasteiger partial charge in [-0.15, -0.1) is 0 Å². The summed E-state index contributed by atoms with van der Waals surface area (Å²) in [7, 11) is 0. The molecule has 1 heteroatoms. The lowest BCUT2D eigenvalue weighted by Crippen LogP contribution is -2.26. The van der Waals surface area contributed by atoms with E-state index in [4.69, 9.17) is 0 Å². The van der Waals surface area contributed by atoms with Crippen LogP contribution in [0.3, 0.4) is 0 Å². The van der Waals surface area contributed by atoms with E-state index in [-0.39, 0.29) is 0 Å². The fourth-order valence-electron chi connectivity index (χ4n) is 2.11. The van der Waals surface area contributed by atoms with Crippen molar-refractivity contribution in [3.05, 3.63) is 47.6 Å². The fraction of sp³-hybridized carbons (Fsp3) is 0.600. The normalized spacial score (nSPS) is 15.1. The summed E-state index contributed by atoms with van der Waals surface area (Å²) in [4.78, 5) is 0. The third-order valence-electron chi connectivity index (χ3n) is 3.92. The largest absolute Gasteiger partial charge is 0.386 e. The Hall–Kier alpha value is -1.08. The molecule has 1 nitrogen and oxygen atoms in total. The number of hydrogen-bond donors (Lipinski definition) is 1. The Morgan fingerprint density at radius 1 is 0.810 bits per heavy atom. The zero-order chi connectivity index (χ0) is 16.1. The molecule has 1 atom stereocenters. The van der Waals surface area contributed by atoms with Crippen LogP contribution in [0.5, 0.6) is 0 Å². The Bertz CT molecular complexity index is 377. The summed E-state index contributed by atoms with van der Waals surface area (Å²) in [5.74, 6) is 0. The molecule has 0 amide bonds. The highest BCUT2D eigenvalue weighted by Crippen LogP contribution is 2.24. The summed E-state index contributed by atoms with van der Waals surface area (Å²) < 4.78 is 0. The summed E-state index contributed by atoms with van der Waals surface area (Å²) in [6, 6.07) is 0. The van der Waals surface area contributed by atoms with Crippen molar-refractivity contribution in [1.29, 1.82) is 0 Å². The SMILES string of the molecule is CC=CCCC=CCCC=CCCC(C)(O)C(C)=C(C)C. The van der Waals surface area contributed by atoms with Crippen molar-refractivity contribution in [2.75, 3.05) is 0 Å². The van der Waals surface area contributed by atoms with Gasteiger partial charge in [0.25, 0.3) is 0 Å². The molecular formula is C20H34O. The van der Waals surface area contributed by atoms with E-state index in [1.165, 1.54) is 5.57 Å². The molecule has 0 rings (SSSR count). The molecule has 0 bridgehead atoms. The van der Waals surface area contributed by atoms with Gasteiger partial charge in [-0.3, -0.25) is 0 Å². The number of aliphatic hydroxyl groups is 1. The second-order valence-corrected chi connectivity index (χ2v) is 6.10. The Labute approximate surface area is 132 Å². The third kappa shape index (κ3) is 10.3.